The first kappa shape index (κ1) is 16.5. The zero-order chi connectivity index (χ0) is 17.9. The maximum absolute atomic E-state index is 12.5. The largest absolute Gasteiger partial charge is 0.468 e. The number of ether oxygens (including phenoxy) is 2. The van der Waals surface area contributed by atoms with E-state index in [4.69, 9.17) is 9.47 Å². The summed E-state index contributed by atoms with van der Waals surface area (Å²) in [5.74, 6) is 4.60. The van der Waals surface area contributed by atoms with Gasteiger partial charge in [-0.15, -0.1) is 0 Å². The third-order valence-electron chi connectivity index (χ3n) is 4.09. The molecule has 0 heterocycles. The molecule has 4 heteroatoms. The van der Waals surface area contributed by atoms with Gasteiger partial charge in [0.05, 0.1) is 14.2 Å². The van der Waals surface area contributed by atoms with E-state index in [0.717, 1.165) is 11.1 Å². The number of esters is 2. The van der Waals surface area contributed by atoms with Crippen LogP contribution in [0.5, 0.6) is 0 Å². The second-order valence-corrected chi connectivity index (χ2v) is 5.47. The summed E-state index contributed by atoms with van der Waals surface area (Å²) < 4.78 is 9.77. The molecule has 124 valence electrons. The van der Waals surface area contributed by atoms with Crippen LogP contribution in [0.1, 0.15) is 11.1 Å². The normalized spacial score (nSPS) is 14.2. The third-order valence-corrected chi connectivity index (χ3v) is 4.09. The van der Waals surface area contributed by atoms with Crippen molar-refractivity contribution in [3.63, 3.8) is 0 Å². The lowest BCUT2D eigenvalue weighted by atomic mass is 9.94. The number of hydrogen-bond acceptors (Lipinski definition) is 4. The Morgan fingerprint density at radius 1 is 0.800 bits per heavy atom. The summed E-state index contributed by atoms with van der Waals surface area (Å²) in [7, 11) is 2.49. The van der Waals surface area contributed by atoms with Crippen LogP contribution in [0.4, 0.5) is 0 Å². The van der Waals surface area contributed by atoms with Crippen molar-refractivity contribution in [2.75, 3.05) is 14.2 Å². The summed E-state index contributed by atoms with van der Waals surface area (Å²) in [6.45, 7) is 0. The molecule has 0 amide bonds. The van der Waals surface area contributed by atoms with Gasteiger partial charge in [-0.3, -0.25) is 9.59 Å². The van der Waals surface area contributed by atoms with Gasteiger partial charge in [-0.2, -0.15) is 0 Å². The van der Waals surface area contributed by atoms with E-state index in [2.05, 4.69) is 11.8 Å². The Bertz CT molecular complexity index is 883. The van der Waals surface area contributed by atoms with Crippen LogP contribution in [0.25, 0.3) is 5.57 Å². The highest BCUT2D eigenvalue weighted by molar-refractivity contribution is 6.27. The third kappa shape index (κ3) is 2.70. The lowest BCUT2D eigenvalue weighted by Crippen LogP contribution is -2.32. The van der Waals surface area contributed by atoms with Gasteiger partial charge in [-0.25, -0.2) is 0 Å². The van der Waals surface area contributed by atoms with Gasteiger partial charge in [-0.1, -0.05) is 60.4 Å². The van der Waals surface area contributed by atoms with Crippen molar-refractivity contribution in [3.8, 4) is 11.8 Å². The first-order valence-corrected chi connectivity index (χ1v) is 7.70. The van der Waals surface area contributed by atoms with Gasteiger partial charge in [0.1, 0.15) is 0 Å². The molecule has 0 atom stereocenters. The van der Waals surface area contributed by atoms with Crippen molar-refractivity contribution in [1.29, 1.82) is 0 Å². The number of benzene rings is 2. The zero-order valence-electron chi connectivity index (χ0n) is 13.9. The zero-order valence-corrected chi connectivity index (χ0v) is 13.9. The van der Waals surface area contributed by atoms with E-state index >= 15 is 0 Å². The lowest BCUT2D eigenvalue weighted by molar-refractivity contribution is -0.159. The summed E-state index contributed by atoms with van der Waals surface area (Å²) in [5.41, 5.74) is 0.914. The summed E-state index contributed by atoms with van der Waals surface area (Å²) in [4.78, 5) is 24.9. The molecule has 0 aliphatic heterocycles. The van der Waals surface area contributed by atoms with Gasteiger partial charge in [0, 0.05) is 16.7 Å². The summed E-state index contributed by atoms with van der Waals surface area (Å²) >= 11 is 0. The van der Waals surface area contributed by atoms with Crippen LogP contribution >= 0.6 is 0 Å². The van der Waals surface area contributed by atoms with Crippen molar-refractivity contribution >= 4 is 17.5 Å². The Kier molecular flexibility index (Phi) is 4.40. The SMILES string of the molecule is COC(=O)C1(C(=O)OC)C(C#Cc2ccccc2)=C1c1ccccc1. The average Bonchev–Trinajstić information content (AvgIpc) is 3.36. The fourth-order valence-corrected chi connectivity index (χ4v) is 2.86. The molecule has 0 unspecified atom stereocenters. The minimum absolute atomic E-state index is 0.418. The molecule has 2 aromatic carbocycles. The van der Waals surface area contributed by atoms with E-state index in [9.17, 15) is 9.59 Å². The van der Waals surface area contributed by atoms with Crippen LogP contribution in [-0.4, -0.2) is 26.2 Å². The summed E-state index contributed by atoms with van der Waals surface area (Å²) in [5, 5.41) is 0. The molecule has 0 saturated heterocycles. The topological polar surface area (TPSA) is 52.6 Å². The average molecular weight is 332 g/mol. The van der Waals surface area contributed by atoms with Gasteiger partial charge < -0.3 is 9.47 Å². The van der Waals surface area contributed by atoms with Gasteiger partial charge in [0.2, 0.25) is 5.41 Å². The van der Waals surface area contributed by atoms with Crippen molar-refractivity contribution in [1.82, 2.24) is 0 Å². The van der Waals surface area contributed by atoms with Crippen molar-refractivity contribution in [2.45, 2.75) is 0 Å². The molecule has 3 rings (SSSR count). The van der Waals surface area contributed by atoms with Crippen LogP contribution in [0.15, 0.2) is 66.2 Å². The van der Waals surface area contributed by atoms with Crippen LogP contribution < -0.4 is 0 Å². The van der Waals surface area contributed by atoms with Crippen molar-refractivity contribution < 1.29 is 19.1 Å². The number of carbonyl (C=O) groups is 2. The molecule has 0 aromatic heterocycles. The fraction of sp³-hybridized carbons (Fsp3) is 0.143. The smallest absolute Gasteiger partial charge is 0.333 e. The van der Waals surface area contributed by atoms with Crippen LogP contribution in [0.3, 0.4) is 0 Å². The van der Waals surface area contributed by atoms with Gasteiger partial charge in [0.15, 0.2) is 0 Å². The molecule has 0 N–H and O–H groups in total. The predicted octanol–water partition coefficient (Wildman–Crippen LogP) is 2.84. The molecule has 4 nitrogen and oxygen atoms in total. The molecule has 0 radical (unpaired) electrons. The Labute approximate surface area is 146 Å². The summed E-state index contributed by atoms with van der Waals surface area (Å²) in [6, 6.07) is 18.5. The monoisotopic (exact) mass is 332 g/mol. The molecule has 1 aliphatic carbocycles. The Balaban J connectivity index is 2.12. The minimum Gasteiger partial charge on any atom is -0.468 e. The molecule has 0 spiro atoms. The first-order chi connectivity index (χ1) is 12.2. The van der Waals surface area contributed by atoms with Gasteiger partial charge >= 0.3 is 11.9 Å². The van der Waals surface area contributed by atoms with Crippen molar-refractivity contribution in [2.24, 2.45) is 5.41 Å². The minimum atomic E-state index is -1.58. The molecular weight excluding hydrogens is 316 g/mol. The Morgan fingerprint density at radius 2 is 1.32 bits per heavy atom. The fourth-order valence-electron chi connectivity index (χ4n) is 2.86. The lowest BCUT2D eigenvalue weighted by Gasteiger charge is -2.14. The van der Waals surface area contributed by atoms with E-state index < -0.39 is 17.4 Å². The highest BCUT2D eigenvalue weighted by Crippen LogP contribution is 2.59. The second-order valence-electron chi connectivity index (χ2n) is 5.47. The molecular formula is C21H16O4. The highest BCUT2D eigenvalue weighted by atomic mass is 16.5. The number of rotatable bonds is 3. The van der Waals surface area contributed by atoms with Gasteiger partial charge in [0.25, 0.3) is 0 Å². The molecule has 2 aromatic rings. The van der Waals surface area contributed by atoms with E-state index in [1.54, 1.807) is 0 Å². The van der Waals surface area contributed by atoms with Gasteiger partial charge in [-0.05, 0) is 17.7 Å². The van der Waals surface area contributed by atoms with Crippen LogP contribution in [-0.2, 0) is 19.1 Å². The maximum Gasteiger partial charge on any atom is 0.333 e. The van der Waals surface area contributed by atoms with E-state index in [1.165, 1.54) is 14.2 Å². The predicted molar refractivity (Wildman–Crippen MR) is 93.1 cm³/mol. The maximum atomic E-state index is 12.5. The Morgan fingerprint density at radius 3 is 1.84 bits per heavy atom. The number of hydrogen-bond donors (Lipinski definition) is 0. The molecule has 0 bridgehead atoms. The quantitative estimate of drug-likeness (QED) is 0.493. The molecule has 0 saturated carbocycles. The molecule has 0 fully saturated rings. The Hall–Kier alpha value is -3.32. The number of methoxy groups -OCH3 is 2. The first-order valence-electron chi connectivity index (χ1n) is 7.70. The highest BCUT2D eigenvalue weighted by Gasteiger charge is 2.67. The van der Waals surface area contributed by atoms with E-state index in [1.807, 2.05) is 60.7 Å². The van der Waals surface area contributed by atoms with E-state index in [-0.39, 0.29) is 0 Å². The number of carbonyl (C=O) groups excluding carboxylic acids is 2. The van der Waals surface area contributed by atoms with Crippen LogP contribution in [0.2, 0.25) is 0 Å². The summed E-state index contributed by atoms with van der Waals surface area (Å²) in [6.07, 6.45) is 0. The standard InChI is InChI=1S/C21H16O4/c1-24-19(22)21(20(23)25-2)17(14-13-15-9-5-3-6-10-15)18(21)16-11-7-4-8-12-16/h3-12H,1-2H3. The second kappa shape index (κ2) is 6.66. The molecule has 1 aliphatic rings. The van der Waals surface area contributed by atoms with Crippen LogP contribution in [0, 0.1) is 17.3 Å². The molecule has 25 heavy (non-hydrogen) atoms. The van der Waals surface area contributed by atoms with Crippen molar-refractivity contribution in [3.05, 3.63) is 77.4 Å². The van der Waals surface area contributed by atoms with E-state index in [0.29, 0.717) is 11.1 Å².